The lowest BCUT2D eigenvalue weighted by atomic mass is 9.93. The molecule has 0 spiro atoms. The van der Waals surface area contributed by atoms with Gasteiger partial charge in [0.2, 0.25) is 0 Å². The van der Waals surface area contributed by atoms with Crippen LogP contribution in [0.2, 0.25) is 0 Å². The number of nitrogens with two attached hydrogens (primary N) is 1. The summed E-state index contributed by atoms with van der Waals surface area (Å²) in [4.78, 5) is 38.0. The first-order chi connectivity index (χ1) is 15.0. The highest BCUT2D eigenvalue weighted by Gasteiger charge is 2.59. The van der Waals surface area contributed by atoms with Gasteiger partial charge in [0, 0.05) is 12.3 Å². The van der Waals surface area contributed by atoms with Crippen LogP contribution in [0.4, 0.5) is 0 Å². The number of carbonyl (C=O) groups excluding carboxylic acids is 1. The van der Waals surface area contributed by atoms with Crippen LogP contribution < -0.4 is 17.0 Å². The Hall–Kier alpha value is -1.82. The van der Waals surface area contributed by atoms with Gasteiger partial charge in [-0.3, -0.25) is 32.7 Å². The molecule has 1 saturated carbocycles. The van der Waals surface area contributed by atoms with E-state index >= 15 is 0 Å². The highest BCUT2D eigenvalue weighted by atomic mass is 31.2. The van der Waals surface area contributed by atoms with Crippen LogP contribution in [0.3, 0.4) is 0 Å². The predicted octanol–water partition coefficient (Wildman–Crippen LogP) is 0.813. The lowest BCUT2D eigenvalue weighted by Gasteiger charge is -2.35. The fourth-order valence-electron chi connectivity index (χ4n) is 4.01. The highest BCUT2D eigenvalue weighted by molar-refractivity contribution is 7.48. The van der Waals surface area contributed by atoms with Crippen molar-refractivity contribution in [2.45, 2.75) is 70.1 Å². The van der Waals surface area contributed by atoms with Gasteiger partial charge in [-0.15, -0.1) is 0 Å². The predicted molar refractivity (Wildman–Crippen MR) is 110 cm³/mol. The Morgan fingerprint density at radius 3 is 2.75 bits per heavy atom. The van der Waals surface area contributed by atoms with Gasteiger partial charge in [-0.2, -0.15) is 0 Å². The van der Waals surface area contributed by atoms with E-state index in [1.165, 1.54) is 12.3 Å². The van der Waals surface area contributed by atoms with Gasteiger partial charge in [0.05, 0.1) is 30.3 Å². The van der Waals surface area contributed by atoms with Gasteiger partial charge in [-0.05, 0) is 40.0 Å². The standard InChI is InChI=1S/C19H28N3O9P/c1-11(2)29-16(24)19(5-6-19)7-9-27-32(26)28-10-12-14(31-32)18(3,20)15(30-12)22-8-4-13(23)21-17(22)25/h4,8,11-12,14-15H,5-7,9-10,20H2,1-3H3,(H,21,23,25)/t12-,14-,15-,18-,32-/m1/s1. The number of phosphoric ester groups is 1. The third-order valence-electron chi connectivity index (χ3n) is 5.99. The molecule has 3 fully saturated rings. The normalized spacial score (nSPS) is 35.5. The van der Waals surface area contributed by atoms with E-state index in [9.17, 15) is 18.9 Å². The number of hydrogen-bond donors (Lipinski definition) is 2. The number of nitrogens with zero attached hydrogens (tertiary/aromatic N) is 1. The molecule has 13 heteroatoms. The topological polar surface area (TPSA) is 161 Å². The maximum absolute atomic E-state index is 13.1. The number of phosphoric acid groups is 1. The van der Waals surface area contributed by atoms with Crippen molar-refractivity contribution in [1.29, 1.82) is 0 Å². The van der Waals surface area contributed by atoms with Crippen molar-refractivity contribution in [2.24, 2.45) is 11.1 Å². The van der Waals surface area contributed by atoms with Crippen molar-refractivity contribution in [3.8, 4) is 0 Å². The van der Waals surface area contributed by atoms with Gasteiger partial charge in [-0.1, -0.05) is 0 Å². The van der Waals surface area contributed by atoms with Crippen LogP contribution in [0.15, 0.2) is 21.9 Å². The Morgan fingerprint density at radius 2 is 2.12 bits per heavy atom. The van der Waals surface area contributed by atoms with Crippen LogP contribution in [0, 0.1) is 5.41 Å². The van der Waals surface area contributed by atoms with Gasteiger partial charge in [0.1, 0.15) is 12.2 Å². The van der Waals surface area contributed by atoms with E-state index < -0.39 is 48.5 Å². The quantitative estimate of drug-likeness (QED) is 0.428. The van der Waals surface area contributed by atoms with Gasteiger partial charge in [0.25, 0.3) is 5.56 Å². The molecule has 0 radical (unpaired) electrons. The Labute approximate surface area is 183 Å². The molecule has 2 saturated heterocycles. The average molecular weight is 473 g/mol. The lowest BCUT2D eigenvalue weighted by molar-refractivity contribution is -0.154. The van der Waals surface area contributed by atoms with Crippen LogP contribution in [-0.2, 0) is 32.4 Å². The molecule has 0 bridgehead atoms. The summed E-state index contributed by atoms with van der Waals surface area (Å²) in [5.74, 6) is -0.284. The first-order valence-electron chi connectivity index (χ1n) is 10.5. The van der Waals surface area contributed by atoms with Gasteiger partial charge < -0.3 is 15.2 Å². The number of aromatic nitrogens is 2. The van der Waals surface area contributed by atoms with E-state index in [4.69, 9.17) is 28.8 Å². The van der Waals surface area contributed by atoms with Crippen molar-refractivity contribution >= 4 is 13.8 Å². The van der Waals surface area contributed by atoms with Gasteiger partial charge in [-0.25, -0.2) is 9.36 Å². The van der Waals surface area contributed by atoms with E-state index in [1.54, 1.807) is 20.8 Å². The van der Waals surface area contributed by atoms with Gasteiger partial charge >= 0.3 is 19.5 Å². The molecule has 178 valence electrons. The Bertz CT molecular complexity index is 1040. The zero-order valence-corrected chi connectivity index (χ0v) is 19.0. The summed E-state index contributed by atoms with van der Waals surface area (Å²) >= 11 is 0. The fraction of sp³-hybridized carbons (Fsp3) is 0.737. The number of hydrogen-bond acceptors (Lipinski definition) is 10. The lowest BCUT2D eigenvalue weighted by Crippen LogP contribution is -2.55. The smallest absolute Gasteiger partial charge is 0.463 e. The Kier molecular flexibility index (Phi) is 5.98. The molecule has 5 atom stereocenters. The summed E-state index contributed by atoms with van der Waals surface area (Å²) < 4.78 is 41.8. The number of esters is 1. The SMILES string of the molecule is CC(C)OC(=O)C1(CCO[P@]2(=O)OC[C@H]3O[C@@H](n4ccc(=O)[nH]c4=O)[C@](C)(N)[C@@H]3O2)CC1. The molecule has 0 unspecified atom stereocenters. The monoisotopic (exact) mass is 473 g/mol. The van der Waals surface area contributed by atoms with Crippen molar-refractivity contribution in [3.05, 3.63) is 33.1 Å². The number of rotatable bonds is 7. The first-order valence-corrected chi connectivity index (χ1v) is 12.0. The Morgan fingerprint density at radius 1 is 1.41 bits per heavy atom. The number of carbonyl (C=O) groups is 1. The summed E-state index contributed by atoms with van der Waals surface area (Å²) in [6.45, 7) is 5.02. The third-order valence-corrected chi connectivity index (χ3v) is 7.44. The molecule has 3 aliphatic rings. The molecule has 1 aromatic rings. The summed E-state index contributed by atoms with van der Waals surface area (Å²) in [5.41, 5.74) is 3.29. The van der Waals surface area contributed by atoms with E-state index in [0.29, 0.717) is 19.3 Å². The van der Waals surface area contributed by atoms with E-state index in [1.807, 2.05) is 0 Å². The minimum Gasteiger partial charge on any atom is -0.463 e. The molecule has 3 N–H and O–H groups in total. The van der Waals surface area contributed by atoms with Crippen LogP contribution in [-0.4, -0.2) is 52.6 Å². The minimum atomic E-state index is -3.97. The van der Waals surface area contributed by atoms with Crippen LogP contribution >= 0.6 is 7.82 Å². The van der Waals surface area contributed by atoms with E-state index in [-0.39, 0.29) is 25.3 Å². The van der Waals surface area contributed by atoms with Crippen LogP contribution in [0.25, 0.3) is 0 Å². The first kappa shape index (κ1) is 23.3. The number of aromatic amines is 1. The number of ether oxygens (including phenoxy) is 2. The number of H-pyrrole nitrogens is 1. The molecule has 12 nitrogen and oxygen atoms in total. The third kappa shape index (κ3) is 4.35. The number of nitrogens with one attached hydrogen (secondary N) is 1. The largest absolute Gasteiger partial charge is 0.475 e. The number of fused-ring (bicyclic) bond motifs is 1. The minimum absolute atomic E-state index is 0.0210. The van der Waals surface area contributed by atoms with E-state index in [0.717, 1.165) is 4.57 Å². The summed E-state index contributed by atoms with van der Waals surface area (Å²) in [7, 11) is -3.97. The maximum atomic E-state index is 13.1. The molecule has 32 heavy (non-hydrogen) atoms. The Balaban J connectivity index is 1.41. The summed E-state index contributed by atoms with van der Waals surface area (Å²) in [6.07, 6.45) is 0.172. The molecule has 0 amide bonds. The second-order valence-corrected chi connectivity index (χ2v) is 10.6. The molecular weight excluding hydrogens is 445 g/mol. The molecule has 1 aliphatic carbocycles. The summed E-state index contributed by atoms with van der Waals surface area (Å²) in [6, 6.07) is 1.17. The van der Waals surface area contributed by atoms with Crippen LogP contribution in [0.5, 0.6) is 0 Å². The molecule has 2 aliphatic heterocycles. The fourth-order valence-corrected chi connectivity index (χ4v) is 5.49. The maximum Gasteiger partial charge on any atom is 0.475 e. The van der Waals surface area contributed by atoms with Crippen molar-refractivity contribution in [2.75, 3.05) is 13.2 Å². The highest BCUT2D eigenvalue weighted by Crippen LogP contribution is 2.59. The van der Waals surface area contributed by atoms with E-state index in [2.05, 4.69) is 4.98 Å². The van der Waals surface area contributed by atoms with Crippen molar-refractivity contribution in [1.82, 2.24) is 9.55 Å². The van der Waals surface area contributed by atoms with Crippen LogP contribution in [0.1, 0.15) is 46.3 Å². The molecule has 3 heterocycles. The van der Waals surface area contributed by atoms with Gasteiger partial charge in [0.15, 0.2) is 6.23 Å². The second kappa shape index (κ2) is 8.19. The molecule has 0 aromatic carbocycles. The molecular formula is C19H28N3O9P. The molecule has 4 rings (SSSR count). The zero-order chi connectivity index (χ0) is 23.3. The second-order valence-electron chi connectivity index (χ2n) is 9.00. The average Bonchev–Trinajstić information content (AvgIpc) is 3.43. The zero-order valence-electron chi connectivity index (χ0n) is 18.1. The van der Waals surface area contributed by atoms with Crippen molar-refractivity contribution in [3.63, 3.8) is 0 Å². The summed E-state index contributed by atoms with van der Waals surface area (Å²) in [5, 5.41) is 0. The van der Waals surface area contributed by atoms with Crippen molar-refractivity contribution < 1.29 is 32.4 Å². The molecule has 1 aromatic heterocycles.